The van der Waals surface area contributed by atoms with Crippen LogP contribution in [0.15, 0.2) is 43.0 Å². The molecule has 2 aromatic rings. The smallest absolute Gasteiger partial charge is 0.222 e. The predicted octanol–water partition coefficient (Wildman–Crippen LogP) is 2.42. The van der Waals surface area contributed by atoms with E-state index in [2.05, 4.69) is 36.2 Å². The summed E-state index contributed by atoms with van der Waals surface area (Å²) in [6.07, 6.45) is 8.05. The van der Waals surface area contributed by atoms with Gasteiger partial charge in [0.2, 0.25) is 5.91 Å². The number of amides is 1. The van der Waals surface area contributed by atoms with Crippen molar-refractivity contribution in [3.05, 3.63) is 54.1 Å². The summed E-state index contributed by atoms with van der Waals surface area (Å²) < 4.78 is 1.98. The Morgan fingerprint density at radius 3 is 2.80 bits per heavy atom. The molecule has 1 fully saturated rings. The fourth-order valence-corrected chi connectivity index (χ4v) is 3.46. The molecule has 1 aliphatic rings. The molecule has 0 saturated carbocycles. The van der Waals surface area contributed by atoms with Gasteiger partial charge < -0.3 is 14.6 Å². The highest BCUT2D eigenvalue weighted by Gasteiger charge is 2.29. The van der Waals surface area contributed by atoms with Crippen molar-refractivity contribution in [2.75, 3.05) is 13.1 Å². The number of benzene rings is 1. The maximum absolute atomic E-state index is 12.4. The Kier molecular flexibility index (Phi) is 5.87. The molecule has 25 heavy (non-hydrogen) atoms. The number of hydrogen-bond acceptors (Lipinski definition) is 3. The number of carbonyl (C=O) groups is 1. The average molecular weight is 341 g/mol. The van der Waals surface area contributed by atoms with Crippen LogP contribution in [0.25, 0.3) is 0 Å². The Morgan fingerprint density at radius 2 is 2.12 bits per heavy atom. The number of aromatic nitrogens is 2. The number of likely N-dealkylation sites (tertiary alicyclic amines) is 1. The predicted molar refractivity (Wildman–Crippen MR) is 97.0 cm³/mol. The van der Waals surface area contributed by atoms with Crippen molar-refractivity contribution < 1.29 is 9.90 Å². The number of carbonyl (C=O) groups excluding carboxylic acids is 1. The summed E-state index contributed by atoms with van der Waals surface area (Å²) in [4.78, 5) is 18.2. The van der Waals surface area contributed by atoms with Crippen molar-refractivity contribution in [2.45, 2.75) is 45.3 Å². The fraction of sp³-hybridized carbons (Fsp3) is 0.500. The van der Waals surface area contributed by atoms with E-state index in [4.69, 9.17) is 0 Å². The molecule has 3 rings (SSSR count). The van der Waals surface area contributed by atoms with E-state index in [1.54, 1.807) is 12.5 Å². The SMILES string of the molecule is Cc1ccc(C[C@H]2CCN(C(=O)CCCn3ccnc3)C[C@H]2O)cc1. The van der Waals surface area contributed by atoms with Crippen molar-refractivity contribution in [3.8, 4) is 0 Å². The lowest BCUT2D eigenvalue weighted by Gasteiger charge is -2.36. The number of imidazole rings is 1. The Hall–Kier alpha value is -2.14. The third-order valence-electron chi connectivity index (χ3n) is 5.06. The minimum Gasteiger partial charge on any atom is -0.391 e. The van der Waals surface area contributed by atoms with Crippen LogP contribution in [0.4, 0.5) is 0 Å². The maximum atomic E-state index is 12.4. The molecule has 0 radical (unpaired) electrons. The zero-order valence-electron chi connectivity index (χ0n) is 14.8. The summed E-state index contributed by atoms with van der Waals surface area (Å²) in [7, 11) is 0. The topological polar surface area (TPSA) is 58.4 Å². The van der Waals surface area contributed by atoms with Crippen LogP contribution >= 0.6 is 0 Å². The molecule has 0 aliphatic carbocycles. The zero-order chi connectivity index (χ0) is 17.6. The molecule has 0 spiro atoms. The van der Waals surface area contributed by atoms with Gasteiger partial charge in [-0.15, -0.1) is 0 Å². The van der Waals surface area contributed by atoms with E-state index in [1.165, 1.54) is 11.1 Å². The van der Waals surface area contributed by atoms with E-state index < -0.39 is 6.10 Å². The molecule has 1 N–H and O–H groups in total. The molecule has 5 nitrogen and oxygen atoms in total. The summed E-state index contributed by atoms with van der Waals surface area (Å²) in [6, 6.07) is 8.49. The second-order valence-corrected chi connectivity index (χ2v) is 7.05. The second-order valence-electron chi connectivity index (χ2n) is 7.05. The van der Waals surface area contributed by atoms with Crippen molar-refractivity contribution in [1.29, 1.82) is 0 Å². The Morgan fingerprint density at radius 1 is 1.32 bits per heavy atom. The summed E-state index contributed by atoms with van der Waals surface area (Å²) in [5.74, 6) is 0.380. The highest BCUT2D eigenvalue weighted by atomic mass is 16.3. The van der Waals surface area contributed by atoms with Crippen molar-refractivity contribution >= 4 is 5.91 Å². The third kappa shape index (κ3) is 4.92. The summed E-state index contributed by atoms with van der Waals surface area (Å²) in [6.45, 7) is 4.09. The molecule has 5 heteroatoms. The van der Waals surface area contributed by atoms with Crippen LogP contribution in [-0.4, -0.2) is 44.7 Å². The second kappa shape index (κ2) is 8.30. The number of piperidine rings is 1. The Bertz CT molecular complexity index is 667. The average Bonchev–Trinajstić information content (AvgIpc) is 3.12. The number of aliphatic hydroxyl groups is 1. The van der Waals surface area contributed by atoms with Crippen LogP contribution in [0.3, 0.4) is 0 Å². The van der Waals surface area contributed by atoms with E-state index in [0.29, 0.717) is 13.0 Å². The number of hydrogen-bond donors (Lipinski definition) is 1. The van der Waals surface area contributed by atoms with Crippen molar-refractivity contribution in [1.82, 2.24) is 14.5 Å². The van der Waals surface area contributed by atoms with Gasteiger partial charge in [-0.3, -0.25) is 4.79 Å². The maximum Gasteiger partial charge on any atom is 0.222 e. The lowest BCUT2D eigenvalue weighted by molar-refractivity contribution is -0.135. The molecule has 1 amide bonds. The van der Waals surface area contributed by atoms with Gasteiger partial charge in [-0.05, 0) is 37.7 Å². The number of aryl methyl sites for hydroxylation is 2. The first-order valence-corrected chi connectivity index (χ1v) is 9.09. The van der Waals surface area contributed by atoms with E-state index >= 15 is 0 Å². The minimum absolute atomic E-state index is 0.146. The number of aliphatic hydroxyl groups excluding tert-OH is 1. The number of nitrogens with zero attached hydrogens (tertiary/aromatic N) is 3. The molecule has 134 valence electrons. The highest BCUT2D eigenvalue weighted by molar-refractivity contribution is 5.76. The molecule has 1 aromatic heterocycles. The molecule has 0 bridgehead atoms. The van der Waals surface area contributed by atoms with Gasteiger partial charge >= 0.3 is 0 Å². The van der Waals surface area contributed by atoms with Gasteiger partial charge in [0.05, 0.1) is 12.4 Å². The van der Waals surface area contributed by atoms with Gasteiger partial charge in [0.15, 0.2) is 0 Å². The molecular weight excluding hydrogens is 314 g/mol. The standard InChI is InChI=1S/C20H27N3O2/c1-16-4-6-17(7-5-16)13-18-8-11-23(14-19(18)24)20(25)3-2-10-22-12-9-21-15-22/h4-7,9,12,15,18-19,24H,2-3,8,10-11,13-14H2,1H3/t18-,19-/m1/s1. The third-order valence-corrected chi connectivity index (χ3v) is 5.06. The van der Waals surface area contributed by atoms with Crippen LogP contribution in [0, 0.1) is 12.8 Å². The largest absolute Gasteiger partial charge is 0.391 e. The van der Waals surface area contributed by atoms with Gasteiger partial charge in [0.1, 0.15) is 0 Å². The van der Waals surface area contributed by atoms with E-state index in [1.807, 2.05) is 15.7 Å². The first-order valence-electron chi connectivity index (χ1n) is 9.09. The van der Waals surface area contributed by atoms with E-state index in [-0.39, 0.29) is 11.8 Å². The van der Waals surface area contributed by atoms with Crippen LogP contribution in [0.2, 0.25) is 0 Å². The summed E-state index contributed by atoms with van der Waals surface area (Å²) in [5.41, 5.74) is 2.51. The minimum atomic E-state index is -0.437. The molecule has 2 atom stereocenters. The Labute approximate surface area is 149 Å². The Balaban J connectivity index is 1.44. The van der Waals surface area contributed by atoms with Crippen LogP contribution < -0.4 is 0 Å². The summed E-state index contributed by atoms with van der Waals surface area (Å²) >= 11 is 0. The van der Waals surface area contributed by atoms with E-state index in [0.717, 1.165) is 32.4 Å². The molecular formula is C20H27N3O2. The van der Waals surface area contributed by atoms with Gasteiger partial charge in [-0.2, -0.15) is 0 Å². The van der Waals surface area contributed by atoms with Crippen LogP contribution in [0.1, 0.15) is 30.4 Å². The first kappa shape index (κ1) is 17.7. The van der Waals surface area contributed by atoms with Crippen molar-refractivity contribution in [3.63, 3.8) is 0 Å². The monoisotopic (exact) mass is 341 g/mol. The molecule has 1 aliphatic heterocycles. The zero-order valence-corrected chi connectivity index (χ0v) is 14.8. The lowest BCUT2D eigenvalue weighted by Crippen LogP contribution is -2.47. The van der Waals surface area contributed by atoms with Gasteiger partial charge in [-0.25, -0.2) is 4.98 Å². The molecule has 0 unspecified atom stereocenters. The van der Waals surface area contributed by atoms with Gasteiger partial charge in [0.25, 0.3) is 0 Å². The van der Waals surface area contributed by atoms with Gasteiger partial charge in [-0.1, -0.05) is 29.8 Å². The summed E-state index contributed by atoms with van der Waals surface area (Å²) in [5, 5.41) is 10.5. The fourth-order valence-electron chi connectivity index (χ4n) is 3.46. The van der Waals surface area contributed by atoms with Crippen LogP contribution in [0.5, 0.6) is 0 Å². The highest BCUT2D eigenvalue weighted by Crippen LogP contribution is 2.23. The van der Waals surface area contributed by atoms with E-state index in [9.17, 15) is 9.90 Å². The van der Waals surface area contributed by atoms with Gasteiger partial charge in [0, 0.05) is 38.4 Å². The number of β-amino-alcohol motifs (C(OH)–C–C–N with tert-alkyl or cyclic N) is 1. The molecule has 2 heterocycles. The number of rotatable bonds is 6. The van der Waals surface area contributed by atoms with Crippen LogP contribution in [-0.2, 0) is 17.8 Å². The van der Waals surface area contributed by atoms with Crippen molar-refractivity contribution in [2.24, 2.45) is 5.92 Å². The normalized spacial score (nSPS) is 20.6. The first-order chi connectivity index (χ1) is 12.1. The lowest BCUT2D eigenvalue weighted by atomic mass is 9.87. The quantitative estimate of drug-likeness (QED) is 0.878. The molecule has 1 saturated heterocycles. The molecule has 1 aromatic carbocycles.